The molecule has 1 aromatic carbocycles. The zero-order valence-corrected chi connectivity index (χ0v) is 20.7. The van der Waals surface area contributed by atoms with Crippen LogP contribution in [0.1, 0.15) is 26.3 Å². The van der Waals surface area contributed by atoms with Crippen molar-refractivity contribution >= 4 is 16.5 Å². The van der Waals surface area contributed by atoms with E-state index in [9.17, 15) is 13.2 Å². The van der Waals surface area contributed by atoms with E-state index in [0.717, 1.165) is 6.20 Å². The van der Waals surface area contributed by atoms with Crippen molar-refractivity contribution in [1.82, 2.24) is 15.1 Å². The summed E-state index contributed by atoms with van der Waals surface area (Å²) in [7, 11) is 1.25. The summed E-state index contributed by atoms with van der Waals surface area (Å²) in [6, 6.07) is 6.10. The van der Waals surface area contributed by atoms with Gasteiger partial charge in [-0.3, -0.25) is 9.36 Å². The van der Waals surface area contributed by atoms with Crippen molar-refractivity contribution in [1.29, 1.82) is 0 Å². The lowest BCUT2D eigenvalue weighted by atomic mass is 9.91. The minimum atomic E-state index is -4.48. The molecular weight excluding hydrogens is 500 g/mol. The van der Waals surface area contributed by atoms with Gasteiger partial charge in [0.15, 0.2) is 12.4 Å². The first-order chi connectivity index (χ1) is 16.8. The zero-order valence-electron chi connectivity index (χ0n) is 19.9. The van der Waals surface area contributed by atoms with Gasteiger partial charge in [0.05, 0.1) is 22.7 Å². The molecule has 4 rings (SSSR count). The second-order valence-electron chi connectivity index (χ2n) is 8.89. The number of halogens is 4. The van der Waals surface area contributed by atoms with Crippen LogP contribution in [0.5, 0.6) is 5.88 Å². The number of amidine groups is 1. The van der Waals surface area contributed by atoms with Gasteiger partial charge in [0.25, 0.3) is 0 Å². The molecule has 1 aliphatic heterocycles. The molecule has 0 amide bonds. The minimum absolute atomic E-state index is 0.263. The van der Waals surface area contributed by atoms with Crippen LogP contribution in [0.4, 0.5) is 17.6 Å². The Balaban J connectivity index is 1.62. The standard InChI is InChI=1S/C23H24F4N6O2S/c1-21(2)20(28)32-22(3,12-36(21)29-4)14-7-13(5-6-15(14)24)18-8-16(33-35-18)17-9-31-19(10-30-17)34-11-23(25,26)27/h5-10H,11-12H2,1-4H3,(H2,28,32)/t22-,36?/m0/s1. The molecule has 3 aromatic rings. The lowest BCUT2D eigenvalue weighted by Crippen LogP contribution is -2.51. The summed E-state index contributed by atoms with van der Waals surface area (Å²) < 4.78 is 66.0. The Hall–Kier alpha value is -3.35. The van der Waals surface area contributed by atoms with Crippen molar-refractivity contribution in [3.63, 3.8) is 0 Å². The van der Waals surface area contributed by atoms with Gasteiger partial charge in [-0.05, 0) is 39.0 Å². The van der Waals surface area contributed by atoms with E-state index in [1.807, 2.05) is 20.8 Å². The summed E-state index contributed by atoms with van der Waals surface area (Å²) in [6.07, 6.45) is -2.19. The maximum Gasteiger partial charge on any atom is 0.422 e. The largest absolute Gasteiger partial charge is 0.467 e. The number of alkyl halides is 3. The fraction of sp³-hybridized carbons (Fsp3) is 0.391. The summed E-state index contributed by atoms with van der Waals surface area (Å²) in [5.74, 6) is 0.540. The van der Waals surface area contributed by atoms with Gasteiger partial charge in [0.1, 0.15) is 23.0 Å². The van der Waals surface area contributed by atoms with E-state index in [4.69, 9.17) is 10.3 Å². The van der Waals surface area contributed by atoms with Gasteiger partial charge in [0, 0.05) is 30.0 Å². The normalized spacial score (nSPS) is 21.9. The van der Waals surface area contributed by atoms with Crippen LogP contribution in [0.3, 0.4) is 0 Å². The van der Waals surface area contributed by atoms with Crippen LogP contribution >= 0.6 is 0 Å². The first-order valence-corrected chi connectivity index (χ1v) is 12.1. The minimum Gasteiger partial charge on any atom is -0.467 e. The van der Waals surface area contributed by atoms with E-state index < -0.39 is 39.6 Å². The number of benzene rings is 1. The molecule has 3 heterocycles. The molecular formula is C23H24F4N6O2S. The molecule has 8 nitrogen and oxygen atoms in total. The molecule has 2 atom stereocenters. The first kappa shape index (κ1) is 25.7. The predicted molar refractivity (Wildman–Crippen MR) is 128 cm³/mol. The smallest absolute Gasteiger partial charge is 0.422 e. The summed E-state index contributed by atoms with van der Waals surface area (Å²) >= 11 is 0. The summed E-state index contributed by atoms with van der Waals surface area (Å²) in [5.41, 5.74) is 6.81. The highest BCUT2D eigenvalue weighted by molar-refractivity contribution is 7.89. The molecule has 1 aliphatic rings. The Morgan fingerprint density at radius 1 is 1.14 bits per heavy atom. The van der Waals surface area contributed by atoms with Gasteiger partial charge < -0.3 is 15.0 Å². The first-order valence-electron chi connectivity index (χ1n) is 10.8. The quantitative estimate of drug-likeness (QED) is 0.486. The third kappa shape index (κ3) is 5.11. The molecule has 2 aromatic heterocycles. The van der Waals surface area contributed by atoms with Crippen LogP contribution in [0, 0.1) is 5.82 Å². The van der Waals surface area contributed by atoms with E-state index in [-0.39, 0.29) is 11.6 Å². The molecule has 13 heteroatoms. The summed E-state index contributed by atoms with van der Waals surface area (Å²) in [4.78, 5) is 12.5. The number of rotatable bonds is 5. The number of hydrogen-bond acceptors (Lipinski definition) is 8. The maximum atomic E-state index is 15.0. The van der Waals surface area contributed by atoms with E-state index in [0.29, 0.717) is 34.2 Å². The highest BCUT2D eigenvalue weighted by Gasteiger charge is 2.42. The van der Waals surface area contributed by atoms with Gasteiger partial charge in [-0.25, -0.2) is 14.4 Å². The van der Waals surface area contributed by atoms with Crippen LogP contribution in [0.25, 0.3) is 22.7 Å². The van der Waals surface area contributed by atoms with Gasteiger partial charge >= 0.3 is 6.18 Å². The number of hydrogen-bond donors (Lipinski definition) is 1. The van der Waals surface area contributed by atoms with Crippen LogP contribution < -0.4 is 10.5 Å². The van der Waals surface area contributed by atoms with Crippen molar-refractivity contribution in [3.05, 3.63) is 48.0 Å². The van der Waals surface area contributed by atoms with Crippen molar-refractivity contribution in [2.75, 3.05) is 19.4 Å². The van der Waals surface area contributed by atoms with Crippen molar-refractivity contribution < 1.29 is 26.8 Å². The second-order valence-corrected chi connectivity index (χ2v) is 11.3. The van der Waals surface area contributed by atoms with Crippen LogP contribution in [-0.2, 0) is 16.2 Å². The average Bonchev–Trinajstić information content (AvgIpc) is 3.31. The Kier molecular flexibility index (Phi) is 6.62. The zero-order chi connectivity index (χ0) is 26.3. The molecule has 0 fully saturated rings. The Labute approximate surface area is 207 Å². The second kappa shape index (κ2) is 9.26. The number of nitrogens with zero attached hydrogens (tertiary/aromatic N) is 5. The fourth-order valence-corrected chi connectivity index (χ4v) is 5.72. The van der Waals surface area contributed by atoms with E-state index >= 15 is 4.39 Å². The van der Waals surface area contributed by atoms with E-state index in [2.05, 4.69) is 29.2 Å². The third-order valence-corrected chi connectivity index (χ3v) is 8.49. The molecule has 2 N–H and O–H groups in total. The Morgan fingerprint density at radius 2 is 1.89 bits per heavy atom. The van der Waals surface area contributed by atoms with E-state index in [1.54, 1.807) is 25.2 Å². The lowest BCUT2D eigenvalue weighted by Gasteiger charge is -2.40. The molecule has 1 unspecified atom stereocenters. The predicted octanol–water partition coefficient (Wildman–Crippen LogP) is 4.68. The Morgan fingerprint density at radius 3 is 2.53 bits per heavy atom. The monoisotopic (exact) mass is 524 g/mol. The Bertz CT molecular complexity index is 1340. The number of aromatic nitrogens is 3. The summed E-state index contributed by atoms with van der Waals surface area (Å²) in [6.45, 7) is 4.30. The lowest BCUT2D eigenvalue weighted by molar-refractivity contribution is -0.154. The van der Waals surface area contributed by atoms with Crippen molar-refractivity contribution in [2.24, 2.45) is 15.1 Å². The van der Waals surface area contributed by atoms with Crippen LogP contribution in [-0.4, -0.2) is 51.3 Å². The van der Waals surface area contributed by atoms with Crippen LogP contribution in [0.2, 0.25) is 0 Å². The highest BCUT2D eigenvalue weighted by atomic mass is 32.2. The van der Waals surface area contributed by atoms with Crippen molar-refractivity contribution in [3.8, 4) is 28.6 Å². The third-order valence-electron chi connectivity index (χ3n) is 5.83. The molecule has 0 spiro atoms. The topological polar surface area (TPSA) is 112 Å². The fourth-order valence-electron chi connectivity index (χ4n) is 3.73. The van der Waals surface area contributed by atoms with Crippen molar-refractivity contribution in [2.45, 2.75) is 37.2 Å². The average molecular weight is 525 g/mol. The number of nitrogens with two attached hydrogens (primary N) is 1. The van der Waals surface area contributed by atoms with Gasteiger partial charge in [-0.2, -0.15) is 13.2 Å². The summed E-state index contributed by atoms with van der Waals surface area (Å²) in [5, 5.41) is 3.96. The SMILES string of the molecule is C/N=S1/C[C@@](C)(c2cc(-c3cc(-c4cnc(OCC(F)(F)F)cn4)no3)ccc2F)N=C(N)C1(C)C. The molecule has 192 valence electrons. The molecule has 0 radical (unpaired) electrons. The van der Waals surface area contributed by atoms with E-state index in [1.165, 1.54) is 12.3 Å². The highest BCUT2D eigenvalue weighted by Crippen LogP contribution is 2.38. The van der Waals surface area contributed by atoms with Gasteiger partial charge in [-0.1, -0.05) is 15.8 Å². The molecule has 0 bridgehead atoms. The van der Waals surface area contributed by atoms with Gasteiger partial charge in [-0.15, -0.1) is 0 Å². The van der Waals surface area contributed by atoms with Gasteiger partial charge in [0.2, 0.25) is 5.88 Å². The number of aliphatic imine (C=N–C) groups is 1. The molecule has 0 saturated heterocycles. The number of ether oxygens (including phenoxy) is 1. The maximum absolute atomic E-state index is 15.0. The molecule has 0 saturated carbocycles. The molecule has 36 heavy (non-hydrogen) atoms. The van der Waals surface area contributed by atoms with Crippen LogP contribution in [0.15, 0.2) is 50.5 Å². The molecule has 0 aliphatic carbocycles.